The molecule has 0 aromatic heterocycles. The van der Waals surface area contributed by atoms with E-state index in [-0.39, 0.29) is 0 Å². The Kier molecular flexibility index (Phi) is 1.42. The van der Waals surface area contributed by atoms with E-state index < -0.39 is 0 Å². The summed E-state index contributed by atoms with van der Waals surface area (Å²) in [7, 11) is 4.14. The van der Waals surface area contributed by atoms with Crippen LogP contribution in [0.1, 0.15) is 6.42 Å². The summed E-state index contributed by atoms with van der Waals surface area (Å²) in [4.78, 5) is 2.14. The van der Waals surface area contributed by atoms with Crippen LogP contribution in [0.3, 0.4) is 0 Å². The van der Waals surface area contributed by atoms with Gasteiger partial charge in [0.2, 0.25) is 0 Å². The van der Waals surface area contributed by atoms with Crippen molar-refractivity contribution >= 4 is 0 Å². The monoisotopic (exact) mass is 112 g/mol. The van der Waals surface area contributed by atoms with E-state index in [0.717, 1.165) is 6.54 Å². The zero-order chi connectivity index (χ0) is 5.98. The number of nitrogens with one attached hydrogen (secondary N) is 1. The van der Waals surface area contributed by atoms with Gasteiger partial charge in [0.05, 0.1) is 0 Å². The topological polar surface area (TPSA) is 15.3 Å². The maximum Gasteiger partial charge on any atom is 0.0304 e. The van der Waals surface area contributed by atoms with Gasteiger partial charge in [-0.25, -0.2) is 0 Å². The maximum absolute atomic E-state index is 3.15. The van der Waals surface area contributed by atoms with Gasteiger partial charge in [0.25, 0.3) is 0 Å². The standard InChI is InChI=1S/C6H12N2/c1-8(2)6-3-4-7-5-6/h5,7H,3-4H2,1-2H3. The Bertz CT molecular complexity index is 105. The van der Waals surface area contributed by atoms with E-state index >= 15 is 0 Å². The van der Waals surface area contributed by atoms with E-state index in [9.17, 15) is 0 Å². The van der Waals surface area contributed by atoms with Crippen molar-refractivity contribution in [2.24, 2.45) is 0 Å². The Morgan fingerprint density at radius 1 is 1.62 bits per heavy atom. The third-order valence-electron chi connectivity index (χ3n) is 1.37. The summed E-state index contributed by atoms with van der Waals surface area (Å²) in [6.07, 6.45) is 3.24. The highest BCUT2D eigenvalue weighted by atomic mass is 15.1. The van der Waals surface area contributed by atoms with Crippen molar-refractivity contribution in [2.45, 2.75) is 6.42 Å². The maximum atomic E-state index is 3.15. The van der Waals surface area contributed by atoms with Gasteiger partial charge in [-0.1, -0.05) is 0 Å². The molecule has 8 heavy (non-hydrogen) atoms. The van der Waals surface area contributed by atoms with E-state index in [0.29, 0.717) is 0 Å². The Balaban J connectivity index is 2.45. The van der Waals surface area contributed by atoms with Gasteiger partial charge in [0.15, 0.2) is 0 Å². The lowest BCUT2D eigenvalue weighted by Gasteiger charge is -2.10. The summed E-state index contributed by atoms with van der Waals surface area (Å²) in [5.74, 6) is 0. The van der Waals surface area contributed by atoms with Gasteiger partial charge in [0, 0.05) is 39.0 Å². The van der Waals surface area contributed by atoms with Crippen LogP contribution in [0, 0.1) is 0 Å². The van der Waals surface area contributed by atoms with Gasteiger partial charge in [-0.15, -0.1) is 0 Å². The van der Waals surface area contributed by atoms with Crippen molar-refractivity contribution in [3.8, 4) is 0 Å². The summed E-state index contributed by atoms with van der Waals surface area (Å²) in [6.45, 7) is 1.10. The van der Waals surface area contributed by atoms with E-state index in [2.05, 4.69) is 30.5 Å². The number of hydrogen-bond acceptors (Lipinski definition) is 2. The van der Waals surface area contributed by atoms with Crippen LogP contribution in [0.5, 0.6) is 0 Å². The quantitative estimate of drug-likeness (QED) is 0.527. The average molecular weight is 112 g/mol. The zero-order valence-corrected chi connectivity index (χ0v) is 5.44. The minimum Gasteiger partial charge on any atom is -0.389 e. The van der Waals surface area contributed by atoms with Crippen molar-refractivity contribution < 1.29 is 0 Å². The largest absolute Gasteiger partial charge is 0.389 e. The zero-order valence-electron chi connectivity index (χ0n) is 5.44. The summed E-state index contributed by atoms with van der Waals surface area (Å²) in [6, 6.07) is 0. The predicted molar refractivity (Wildman–Crippen MR) is 34.4 cm³/mol. The summed E-state index contributed by atoms with van der Waals surface area (Å²) in [5, 5.41) is 3.15. The van der Waals surface area contributed by atoms with Crippen LogP contribution in [0.15, 0.2) is 11.9 Å². The molecule has 2 nitrogen and oxygen atoms in total. The summed E-state index contributed by atoms with van der Waals surface area (Å²) >= 11 is 0. The molecule has 2 heteroatoms. The SMILES string of the molecule is CN(C)C1=CNCC1. The van der Waals surface area contributed by atoms with Gasteiger partial charge in [-0.3, -0.25) is 0 Å². The summed E-state index contributed by atoms with van der Waals surface area (Å²) < 4.78 is 0. The van der Waals surface area contributed by atoms with Crippen LogP contribution in [0.25, 0.3) is 0 Å². The van der Waals surface area contributed by atoms with E-state index in [1.54, 1.807) is 0 Å². The molecular formula is C6H12N2. The van der Waals surface area contributed by atoms with Crippen LogP contribution in [0.4, 0.5) is 0 Å². The van der Waals surface area contributed by atoms with Gasteiger partial charge in [0.1, 0.15) is 0 Å². The third kappa shape index (κ3) is 0.941. The van der Waals surface area contributed by atoms with Gasteiger partial charge < -0.3 is 10.2 Å². The summed E-state index contributed by atoms with van der Waals surface area (Å²) in [5.41, 5.74) is 1.39. The second-order valence-electron chi connectivity index (χ2n) is 2.23. The fraction of sp³-hybridized carbons (Fsp3) is 0.667. The molecule has 0 fully saturated rings. The lowest BCUT2D eigenvalue weighted by molar-refractivity contribution is 0.499. The molecule has 1 rings (SSSR count). The molecule has 0 unspecified atom stereocenters. The first-order valence-electron chi connectivity index (χ1n) is 2.90. The van der Waals surface area contributed by atoms with Crippen molar-refractivity contribution in [3.63, 3.8) is 0 Å². The Morgan fingerprint density at radius 2 is 2.38 bits per heavy atom. The van der Waals surface area contributed by atoms with Crippen LogP contribution in [-0.2, 0) is 0 Å². The van der Waals surface area contributed by atoms with E-state index in [1.807, 2.05) is 0 Å². The molecule has 0 saturated carbocycles. The molecule has 0 aromatic carbocycles. The average Bonchev–Trinajstić information content (AvgIpc) is 2.12. The Hall–Kier alpha value is -0.660. The van der Waals surface area contributed by atoms with Crippen LogP contribution in [0.2, 0.25) is 0 Å². The predicted octanol–water partition coefficient (Wildman–Crippen LogP) is 0.383. The number of rotatable bonds is 1. The minimum absolute atomic E-state index is 1.10. The molecule has 0 spiro atoms. The molecule has 0 saturated heterocycles. The molecule has 0 amide bonds. The highest BCUT2D eigenvalue weighted by molar-refractivity contribution is 5.03. The van der Waals surface area contributed by atoms with Gasteiger partial charge >= 0.3 is 0 Å². The molecule has 0 bridgehead atoms. The molecule has 1 heterocycles. The second-order valence-corrected chi connectivity index (χ2v) is 2.23. The minimum atomic E-state index is 1.10. The fourth-order valence-corrected chi connectivity index (χ4v) is 0.815. The van der Waals surface area contributed by atoms with E-state index in [4.69, 9.17) is 0 Å². The van der Waals surface area contributed by atoms with Crippen LogP contribution < -0.4 is 5.32 Å². The molecule has 0 radical (unpaired) electrons. The first-order valence-corrected chi connectivity index (χ1v) is 2.90. The second kappa shape index (κ2) is 2.07. The first-order chi connectivity index (χ1) is 3.80. The molecule has 1 aliphatic heterocycles. The normalized spacial score (nSPS) is 17.5. The fourth-order valence-electron chi connectivity index (χ4n) is 0.815. The third-order valence-corrected chi connectivity index (χ3v) is 1.37. The first kappa shape index (κ1) is 5.48. The molecule has 46 valence electrons. The van der Waals surface area contributed by atoms with Crippen molar-refractivity contribution in [2.75, 3.05) is 20.6 Å². The molecular weight excluding hydrogens is 100 g/mol. The van der Waals surface area contributed by atoms with Crippen molar-refractivity contribution in [1.29, 1.82) is 0 Å². The highest BCUT2D eigenvalue weighted by Crippen LogP contribution is 2.06. The van der Waals surface area contributed by atoms with E-state index in [1.165, 1.54) is 12.1 Å². The lowest BCUT2D eigenvalue weighted by atomic mass is 10.4. The Labute approximate surface area is 50.2 Å². The Morgan fingerprint density at radius 3 is 2.62 bits per heavy atom. The lowest BCUT2D eigenvalue weighted by Crippen LogP contribution is -2.08. The molecule has 0 aliphatic carbocycles. The van der Waals surface area contributed by atoms with Crippen LogP contribution in [-0.4, -0.2) is 25.5 Å². The van der Waals surface area contributed by atoms with Gasteiger partial charge in [-0.05, 0) is 0 Å². The van der Waals surface area contributed by atoms with Crippen molar-refractivity contribution in [1.82, 2.24) is 10.2 Å². The van der Waals surface area contributed by atoms with Gasteiger partial charge in [-0.2, -0.15) is 0 Å². The molecule has 0 atom stereocenters. The van der Waals surface area contributed by atoms with Crippen LogP contribution >= 0.6 is 0 Å². The molecule has 1 aliphatic rings. The highest BCUT2D eigenvalue weighted by Gasteiger charge is 2.03. The number of nitrogens with zero attached hydrogens (tertiary/aromatic N) is 1. The number of hydrogen-bond donors (Lipinski definition) is 1. The van der Waals surface area contributed by atoms with Crippen molar-refractivity contribution in [3.05, 3.63) is 11.9 Å². The smallest absolute Gasteiger partial charge is 0.0304 e. The molecule has 1 N–H and O–H groups in total. The molecule has 0 aromatic rings.